The minimum absolute atomic E-state index is 0.457. The average molecular weight is 246 g/mol. The summed E-state index contributed by atoms with van der Waals surface area (Å²) in [6, 6.07) is 7.98. The molecule has 2 aromatic rings. The summed E-state index contributed by atoms with van der Waals surface area (Å²) in [7, 11) is 0. The van der Waals surface area contributed by atoms with Crippen LogP contribution in [-0.4, -0.2) is 16.8 Å². The van der Waals surface area contributed by atoms with Gasteiger partial charge in [-0.2, -0.15) is 5.10 Å². The van der Waals surface area contributed by atoms with Gasteiger partial charge < -0.3 is 16.2 Å². The van der Waals surface area contributed by atoms with E-state index >= 15 is 0 Å². The van der Waals surface area contributed by atoms with Gasteiger partial charge in [0.25, 0.3) is 0 Å². The summed E-state index contributed by atoms with van der Waals surface area (Å²) < 4.78 is 5.38. The molecule has 1 aromatic heterocycles. The molecule has 0 saturated carbocycles. The fourth-order valence-corrected chi connectivity index (χ4v) is 1.83. The van der Waals surface area contributed by atoms with Gasteiger partial charge in [0.1, 0.15) is 5.82 Å². The van der Waals surface area contributed by atoms with E-state index in [1.807, 2.05) is 31.2 Å². The topological polar surface area (TPSA) is 89.9 Å². The minimum atomic E-state index is 0.457. The number of aromatic nitrogens is 2. The molecule has 5 nitrogen and oxygen atoms in total. The van der Waals surface area contributed by atoms with Gasteiger partial charge in [0.15, 0.2) is 0 Å². The number of aromatic amines is 1. The van der Waals surface area contributed by atoms with Crippen molar-refractivity contribution < 1.29 is 4.74 Å². The molecule has 0 fully saturated rings. The fourth-order valence-electron chi connectivity index (χ4n) is 1.83. The summed E-state index contributed by atoms with van der Waals surface area (Å²) >= 11 is 0. The van der Waals surface area contributed by atoms with Crippen LogP contribution in [0.2, 0.25) is 0 Å². The van der Waals surface area contributed by atoms with Crippen LogP contribution in [0.4, 0.5) is 5.82 Å². The summed E-state index contributed by atoms with van der Waals surface area (Å²) in [5.41, 5.74) is 15.3. The maximum atomic E-state index is 5.92. The molecule has 96 valence electrons. The highest BCUT2D eigenvalue weighted by atomic mass is 16.5. The summed E-state index contributed by atoms with van der Waals surface area (Å²) in [6.07, 6.45) is 0. The molecule has 0 atom stereocenters. The smallest absolute Gasteiger partial charge is 0.127 e. The van der Waals surface area contributed by atoms with Gasteiger partial charge >= 0.3 is 0 Å². The van der Waals surface area contributed by atoms with Crippen molar-refractivity contribution in [3.05, 3.63) is 35.5 Å². The van der Waals surface area contributed by atoms with Crippen molar-refractivity contribution in [3.8, 4) is 11.1 Å². The van der Waals surface area contributed by atoms with E-state index in [4.69, 9.17) is 16.2 Å². The van der Waals surface area contributed by atoms with E-state index in [2.05, 4.69) is 10.2 Å². The first-order valence-electron chi connectivity index (χ1n) is 5.96. The van der Waals surface area contributed by atoms with Crippen LogP contribution < -0.4 is 11.5 Å². The van der Waals surface area contributed by atoms with Crippen molar-refractivity contribution in [3.63, 3.8) is 0 Å². The lowest BCUT2D eigenvalue weighted by Gasteiger charge is -2.05. The fraction of sp³-hybridized carbons (Fsp3) is 0.308. The highest BCUT2D eigenvalue weighted by Crippen LogP contribution is 2.28. The molecular formula is C13H18N4O. The molecule has 0 spiro atoms. The van der Waals surface area contributed by atoms with Crippen LogP contribution in [0.3, 0.4) is 0 Å². The minimum Gasteiger partial charge on any atom is -0.384 e. The molecule has 0 unspecified atom stereocenters. The quantitative estimate of drug-likeness (QED) is 0.748. The number of hydrogen-bond acceptors (Lipinski definition) is 4. The van der Waals surface area contributed by atoms with Crippen LogP contribution in [0.15, 0.2) is 24.3 Å². The highest BCUT2D eigenvalue weighted by Gasteiger charge is 2.13. The van der Waals surface area contributed by atoms with Crippen molar-refractivity contribution in [2.45, 2.75) is 20.1 Å². The van der Waals surface area contributed by atoms with Gasteiger partial charge in [-0.1, -0.05) is 24.3 Å². The second kappa shape index (κ2) is 5.66. The zero-order valence-electron chi connectivity index (χ0n) is 10.4. The molecule has 0 bridgehead atoms. The zero-order valence-corrected chi connectivity index (χ0v) is 10.4. The summed E-state index contributed by atoms with van der Waals surface area (Å²) in [5.74, 6) is 0.560. The lowest BCUT2D eigenvalue weighted by molar-refractivity contribution is 0.131. The van der Waals surface area contributed by atoms with Gasteiger partial charge in [-0.25, -0.2) is 0 Å². The van der Waals surface area contributed by atoms with Gasteiger partial charge in [0.2, 0.25) is 0 Å². The molecular weight excluding hydrogens is 228 g/mol. The van der Waals surface area contributed by atoms with Crippen LogP contribution in [0.1, 0.15) is 18.2 Å². The molecule has 5 heteroatoms. The first-order valence-corrected chi connectivity index (χ1v) is 5.96. The van der Waals surface area contributed by atoms with Crippen molar-refractivity contribution in [1.82, 2.24) is 10.2 Å². The van der Waals surface area contributed by atoms with Crippen molar-refractivity contribution in [2.24, 2.45) is 5.73 Å². The first kappa shape index (κ1) is 12.6. The molecule has 5 N–H and O–H groups in total. The third-order valence-corrected chi connectivity index (χ3v) is 2.79. The zero-order chi connectivity index (χ0) is 13.0. The third-order valence-electron chi connectivity index (χ3n) is 2.79. The summed E-state index contributed by atoms with van der Waals surface area (Å²) in [6.45, 7) is 3.59. The second-order valence-electron chi connectivity index (χ2n) is 4.00. The number of hydrogen-bond donors (Lipinski definition) is 3. The number of benzene rings is 1. The predicted molar refractivity (Wildman–Crippen MR) is 71.7 cm³/mol. The molecule has 2 rings (SSSR count). The molecule has 0 saturated heterocycles. The van der Waals surface area contributed by atoms with E-state index in [-0.39, 0.29) is 0 Å². The molecule has 0 aliphatic rings. The maximum absolute atomic E-state index is 5.92. The van der Waals surface area contributed by atoms with E-state index in [0.29, 0.717) is 25.6 Å². The first-order chi connectivity index (χ1) is 8.76. The maximum Gasteiger partial charge on any atom is 0.127 e. The van der Waals surface area contributed by atoms with Gasteiger partial charge in [0, 0.05) is 18.7 Å². The molecule has 0 amide bonds. The Bertz CT molecular complexity index is 504. The van der Waals surface area contributed by atoms with Gasteiger partial charge in [0.05, 0.1) is 12.3 Å². The molecule has 1 heterocycles. The number of nitrogen functional groups attached to an aromatic ring is 1. The normalized spacial score (nSPS) is 10.8. The summed E-state index contributed by atoms with van der Waals surface area (Å²) in [5, 5.41) is 6.97. The lowest BCUT2D eigenvalue weighted by atomic mass is 10.0. The Hall–Kier alpha value is -1.85. The Balaban J connectivity index is 2.32. The Morgan fingerprint density at radius 3 is 2.61 bits per heavy atom. The SMILES string of the molecule is CCOCc1n[nH]c(N)c1-c1ccc(CN)cc1. The third kappa shape index (κ3) is 2.52. The molecule has 1 aromatic carbocycles. The largest absolute Gasteiger partial charge is 0.384 e. The van der Waals surface area contributed by atoms with Crippen molar-refractivity contribution in [1.29, 1.82) is 0 Å². The Morgan fingerprint density at radius 2 is 2.00 bits per heavy atom. The van der Waals surface area contributed by atoms with Gasteiger partial charge in [-0.15, -0.1) is 0 Å². The van der Waals surface area contributed by atoms with Gasteiger partial charge in [-0.3, -0.25) is 5.10 Å². The number of anilines is 1. The lowest BCUT2D eigenvalue weighted by Crippen LogP contribution is -1.97. The van der Waals surface area contributed by atoms with E-state index in [9.17, 15) is 0 Å². The number of nitrogens with one attached hydrogen (secondary N) is 1. The van der Waals surface area contributed by atoms with Crippen LogP contribution in [0.5, 0.6) is 0 Å². The molecule has 0 aliphatic carbocycles. The highest BCUT2D eigenvalue weighted by molar-refractivity contribution is 5.76. The number of ether oxygens (including phenoxy) is 1. The second-order valence-corrected chi connectivity index (χ2v) is 4.00. The van der Waals surface area contributed by atoms with Crippen molar-refractivity contribution in [2.75, 3.05) is 12.3 Å². The summed E-state index contributed by atoms with van der Waals surface area (Å²) in [4.78, 5) is 0. The van der Waals surface area contributed by atoms with E-state index in [0.717, 1.165) is 22.4 Å². The average Bonchev–Trinajstić information content (AvgIpc) is 2.77. The van der Waals surface area contributed by atoms with Crippen molar-refractivity contribution >= 4 is 5.82 Å². The number of nitrogens with zero attached hydrogens (tertiary/aromatic N) is 1. The predicted octanol–water partition coefficient (Wildman–Crippen LogP) is 1.65. The van der Waals surface area contributed by atoms with Gasteiger partial charge in [-0.05, 0) is 18.1 Å². The van der Waals surface area contributed by atoms with Crippen LogP contribution in [0, 0.1) is 0 Å². The number of H-pyrrole nitrogens is 1. The van der Waals surface area contributed by atoms with Crippen LogP contribution >= 0.6 is 0 Å². The molecule has 18 heavy (non-hydrogen) atoms. The van der Waals surface area contributed by atoms with Crippen LogP contribution in [-0.2, 0) is 17.9 Å². The number of nitrogens with two attached hydrogens (primary N) is 2. The standard InChI is InChI=1S/C13H18N4O/c1-2-18-8-11-12(13(15)17-16-11)10-5-3-9(7-14)4-6-10/h3-6H,2,7-8,14H2,1H3,(H3,15,16,17). The molecule has 0 aliphatic heterocycles. The van der Waals surface area contributed by atoms with E-state index in [1.165, 1.54) is 0 Å². The van der Waals surface area contributed by atoms with Crippen LogP contribution in [0.25, 0.3) is 11.1 Å². The number of rotatable bonds is 5. The monoisotopic (exact) mass is 246 g/mol. The van der Waals surface area contributed by atoms with E-state index in [1.54, 1.807) is 0 Å². The van der Waals surface area contributed by atoms with E-state index < -0.39 is 0 Å². The molecule has 0 radical (unpaired) electrons. The Kier molecular flexibility index (Phi) is 3.96. The Morgan fingerprint density at radius 1 is 1.28 bits per heavy atom. The Labute approximate surface area is 106 Å².